The monoisotopic (exact) mass is 436 g/mol. The Balaban J connectivity index is 1.97. The van der Waals surface area contributed by atoms with Crippen LogP contribution in [0.1, 0.15) is 58.7 Å². The average Bonchev–Trinajstić information content (AvgIpc) is 2.72. The van der Waals surface area contributed by atoms with Crippen LogP contribution in [0.25, 0.3) is 5.57 Å². The first kappa shape index (κ1) is 23.4. The first-order chi connectivity index (χ1) is 15.2. The van der Waals surface area contributed by atoms with E-state index in [2.05, 4.69) is 33.6 Å². The number of hydrogen-bond acceptors (Lipinski definition) is 6. The zero-order valence-electron chi connectivity index (χ0n) is 19.4. The third-order valence-corrected chi connectivity index (χ3v) is 5.53. The fourth-order valence-corrected chi connectivity index (χ4v) is 3.81. The number of aromatic amines is 1. The summed E-state index contributed by atoms with van der Waals surface area (Å²) in [6, 6.07) is 3.73. The molecule has 0 saturated heterocycles. The van der Waals surface area contributed by atoms with Gasteiger partial charge in [0.15, 0.2) is 0 Å². The first-order valence-electron chi connectivity index (χ1n) is 10.9. The van der Waals surface area contributed by atoms with Crippen LogP contribution in [0, 0.1) is 19.3 Å². The predicted molar refractivity (Wildman–Crippen MR) is 129 cm³/mol. The second-order valence-electron chi connectivity index (χ2n) is 8.63. The number of carbonyl (C=O) groups is 1. The Hall–Kier alpha value is -3.26. The van der Waals surface area contributed by atoms with Gasteiger partial charge in [-0.05, 0) is 64.4 Å². The van der Waals surface area contributed by atoms with Crippen LogP contribution >= 0.6 is 0 Å². The summed E-state index contributed by atoms with van der Waals surface area (Å²) in [7, 11) is 2.07. The van der Waals surface area contributed by atoms with Crippen LogP contribution < -0.4 is 16.2 Å². The van der Waals surface area contributed by atoms with Crippen molar-refractivity contribution in [3.05, 3.63) is 62.2 Å². The van der Waals surface area contributed by atoms with Gasteiger partial charge in [-0.15, -0.1) is 0 Å². The Bertz CT molecular complexity index is 1120. The van der Waals surface area contributed by atoms with Crippen LogP contribution in [0.4, 0.5) is 5.82 Å². The van der Waals surface area contributed by atoms with Crippen molar-refractivity contribution in [2.24, 2.45) is 0 Å². The van der Waals surface area contributed by atoms with Gasteiger partial charge in [0.25, 0.3) is 11.5 Å². The van der Waals surface area contributed by atoms with E-state index in [1.54, 1.807) is 6.07 Å². The lowest BCUT2D eigenvalue weighted by Gasteiger charge is -2.23. The van der Waals surface area contributed by atoms with Gasteiger partial charge >= 0.3 is 0 Å². The number of nitrogens with one attached hydrogen (secondary N) is 4. The molecule has 0 fully saturated rings. The minimum atomic E-state index is -0.341. The molecule has 8 nitrogen and oxygen atoms in total. The number of H-pyrrole nitrogens is 1. The largest absolute Gasteiger partial charge is 0.367 e. The lowest BCUT2D eigenvalue weighted by Crippen LogP contribution is -2.29. The predicted octanol–water partition coefficient (Wildman–Crippen LogP) is 2.85. The molecule has 3 rings (SSSR count). The molecule has 0 unspecified atom stereocenters. The van der Waals surface area contributed by atoms with E-state index in [9.17, 15) is 9.59 Å². The van der Waals surface area contributed by atoms with Crippen LogP contribution in [-0.4, -0.2) is 53.2 Å². The molecule has 4 N–H and O–H groups in total. The maximum Gasteiger partial charge on any atom is 0.253 e. The Morgan fingerprint density at radius 3 is 2.69 bits per heavy atom. The van der Waals surface area contributed by atoms with Crippen LogP contribution in [-0.2, 0) is 6.54 Å². The SMILES string of the molecule is Cc1cc(C)c(CNC(=O)c2cc(C3=CCN(C)CC3)nc(NC(C)C)c2C=N)c(=O)[nH]1. The smallest absolute Gasteiger partial charge is 0.253 e. The summed E-state index contributed by atoms with van der Waals surface area (Å²) in [6.45, 7) is 9.51. The molecule has 170 valence electrons. The minimum Gasteiger partial charge on any atom is -0.367 e. The van der Waals surface area contributed by atoms with Crippen LogP contribution in [0.15, 0.2) is 23.0 Å². The Labute approximate surface area is 188 Å². The molecule has 0 atom stereocenters. The van der Waals surface area contributed by atoms with Gasteiger partial charge in [0.2, 0.25) is 0 Å². The second-order valence-corrected chi connectivity index (χ2v) is 8.63. The fraction of sp³-hybridized carbons (Fsp3) is 0.417. The van der Waals surface area contributed by atoms with E-state index in [-0.39, 0.29) is 24.1 Å². The van der Waals surface area contributed by atoms with E-state index in [4.69, 9.17) is 10.4 Å². The molecule has 0 bridgehead atoms. The molecule has 0 aromatic carbocycles. The summed E-state index contributed by atoms with van der Waals surface area (Å²) in [6.07, 6.45) is 4.13. The number of nitrogens with zero attached hydrogens (tertiary/aromatic N) is 2. The van der Waals surface area contributed by atoms with Crippen molar-refractivity contribution in [3.8, 4) is 0 Å². The van der Waals surface area contributed by atoms with Crippen LogP contribution in [0.5, 0.6) is 0 Å². The quantitative estimate of drug-likeness (QED) is 0.499. The van der Waals surface area contributed by atoms with Crippen molar-refractivity contribution < 1.29 is 4.79 Å². The van der Waals surface area contributed by atoms with Gasteiger partial charge in [-0.3, -0.25) is 9.59 Å². The van der Waals surface area contributed by atoms with E-state index >= 15 is 0 Å². The summed E-state index contributed by atoms with van der Waals surface area (Å²) in [5.41, 5.74) is 4.55. The Morgan fingerprint density at radius 2 is 2.09 bits per heavy atom. The Morgan fingerprint density at radius 1 is 1.34 bits per heavy atom. The van der Waals surface area contributed by atoms with Crippen molar-refractivity contribution in [1.29, 1.82) is 5.41 Å². The van der Waals surface area contributed by atoms with Gasteiger partial charge in [0.05, 0.1) is 11.3 Å². The number of aromatic nitrogens is 2. The standard InChI is InChI=1S/C24H32N6O2/c1-14(2)27-22-19(12-25)18(11-21(29-22)17-6-8-30(5)9-7-17)23(31)26-13-20-15(3)10-16(4)28-24(20)32/h6,10-12,14,25H,7-9,13H2,1-5H3,(H,26,31)(H,27,29)(H,28,32). The van der Waals surface area contributed by atoms with Gasteiger partial charge < -0.3 is 25.9 Å². The molecule has 1 amide bonds. The number of aryl methyl sites for hydroxylation is 2. The third kappa shape index (κ3) is 5.31. The molecule has 1 aliphatic rings. The summed E-state index contributed by atoms with van der Waals surface area (Å²) < 4.78 is 0. The van der Waals surface area contributed by atoms with Crippen molar-refractivity contribution in [2.45, 2.75) is 46.7 Å². The molecule has 0 aliphatic carbocycles. The fourth-order valence-electron chi connectivity index (χ4n) is 3.81. The van der Waals surface area contributed by atoms with E-state index in [1.807, 2.05) is 33.8 Å². The number of anilines is 1. The van der Waals surface area contributed by atoms with Gasteiger partial charge in [-0.2, -0.15) is 0 Å². The lowest BCUT2D eigenvalue weighted by molar-refractivity contribution is 0.0950. The number of pyridine rings is 2. The van der Waals surface area contributed by atoms with Crippen LogP contribution in [0.2, 0.25) is 0 Å². The summed E-state index contributed by atoms with van der Waals surface area (Å²) in [5, 5.41) is 14.1. The molecule has 0 spiro atoms. The molecule has 2 aromatic heterocycles. The molecular formula is C24H32N6O2. The van der Waals surface area contributed by atoms with Gasteiger partial charge in [0.1, 0.15) is 5.82 Å². The van der Waals surface area contributed by atoms with Crippen molar-refractivity contribution in [2.75, 3.05) is 25.5 Å². The summed E-state index contributed by atoms with van der Waals surface area (Å²) in [4.78, 5) is 35.3. The zero-order valence-corrected chi connectivity index (χ0v) is 19.4. The number of hydrogen-bond donors (Lipinski definition) is 4. The molecule has 2 aromatic rings. The van der Waals surface area contributed by atoms with E-state index < -0.39 is 0 Å². The minimum absolute atomic E-state index is 0.0904. The zero-order chi connectivity index (χ0) is 23.4. The topological polar surface area (TPSA) is 114 Å². The molecule has 32 heavy (non-hydrogen) atoms. The lowest BCUT2D eigenvalue weighted by atomic mass is 9.99. The van der Waals surface area contributed by atoms with Crippen molar-refractivity contribution in [3.63, 3.8) is 0 Å². The van der Waals surface area contributed by atoms with E-state index in [0.29, 0.717) is 22.5 Å². The average molecular weight is 437 g/mol. The number of carbonyl (C=O) groups excluding carboxylic acids is 1. The third-order valence-electron chi connectivity index (χ3n) is 5.53. The van der Waals surface area contributed by atoms with Gasteiger partial charge in [-0.25, -0.2) is 4.98 Å². The number of likely N-dealkylation sites (N-methyl/N-ethyl adjacent to an activating group) is 1. The van der Waals surface area contributed by atoms with E-state index in [0.717, 1.165) is 48.2 Å². The second kappa shape index (κ2) is 9.91. The van der Waals surface area contributed by atoms with Crippen molar-refractivity contribution >= 4 is 23.5 Å². The van der Waals surface area contributed by atoms with E-state index in [1.165, 1.54) is 0 Å². The normalized spacial score (nSPS) is 14.2. The highest BCUT2D eigenvalue weighted by Gasteiger charge is 2.21. The molecule has 0 saturated carbocycles. The number of amides is 1. The maximum atomic E-state index is 13.2. The molecule has 3 heterocycles. The van der Waals surface area contributed by atoms with Gasteiger partial charge in [-0.1, -0.05) is 6.08 Å². The summed E-state index contributed by atoms with van der Waals surface area (Å²) in [5.74, 6) is 0.175. The van der Waals surface area contributed by atoms with Crippen molar-refractivity contribution in [1.82, 2.24) is 20.2 Å². The van der Waals surface area contributed by atoms with Gasteiger partial charge in [0, 0.05) is 48.7 Å². The first-order valence-corrected chi connectivity index (χ1v) is 10.9. The highest BCUT2D eigenvalue weighted by molar-refractivity contribution is 6.05. The summed E-state index contributed by atoms with van der Waals surface area (Å²) >= 11 is 0. The van der Waals surface area contributed by atoms with Crippen LogP contribution in [0.3, 0.4) is 0 Å². The molecule has 1 aliphatic heterocycles. The number of rotatable bonds is 7. The highest BCUT2D eigenvalue weighted by atomic mass is 16.1. The molecule has 0 radical (unpaired) electrons. The Kier molecular flexibility index (Phi) is 7.25. The maximum absolute atomic E-state index is 13.2. The molecular weight excluding hydrogens is 404 g/mol. The highest BCUT2D eigenvalue weighted by Crippen LogP contribution is 2.26. The molecule has 8 heteroatoms.